The average molecular weight is 851 g/mol. The van der Waals surface area contributed by atoms with Gasteiger partial charge in [-0.3, -0.25) is 9.97 Å². The summed E-state index contributed by atoms with van der Waals surface area (Å²) >= 11 is 0. The van der Waals surface area contributed by atoms with Crippen LogP contribution in [0.25, 0.3) is 77.1 Å². The standard InChI is InChI=1S/C64H54N2/c1-61(2,3)44-20-24-46(25-21-44)64(47-26-22-45(23-27-47)62(4,5)6)56-36-43(60-50-16-12-10-14-40(50)32-34-66-60)19-29-51(56)53-37-55-54(38-57(53)64)52-30-17-41-35-42(18-28-48(41)58(52)63(55,7)8)59-49-15-11-9-13-39(49)31-33-65-59/h9-38H,1-8H3. The molecule has 2 nitrogen and oxygen atoms in total. The molecule has 0 unspecified atom stereocenters. The SMILES string of the molecule is CC(C)(C)c1ccc(C2(c3ccc(C(C)(C)C)cc3)c3cc(-c4nccc5ccccc45)ccc3-c3cc4c(cc32)-c2ccc3cc(-c5nccc6ccccc56)ccc3c2C4(C)C)cc1. The van der Waals surface area contributed by atoms with Crippen LogP contribution < -0.4 is 0 Å². The highest BCUT2D eigenvalue weighted by Gasteiger charge is 2.49. The minimum absolute atomic E-state index is 0.0177. The summed E-state index contributed by atoms with van der Waals surface area (Å²) in [5.74, 6) is 0. The molecule has 8 aromatic carbocycles. The largest absolute Gasteiger partial charge is 0.256 e. The maximum absolute atomic E-state index is 5.07. The Hall–Kier alpha value is -7.16. The van der Waals surface area contributed by atoms with E-state index >= 15 is 0 Å². The van der Waals surface area contributed by atoms with E-state index in [1.807, 2.05) is 12.4 Å². The monoisotopic (exact) mass is 850 g/mol. The lowest BCUT2D eigenvalue weighted by Gasteiger charge is -2.35. The zero-order valence-electron chi connectivity index (χ0n) is 39.2. The molecule has 0 saturated heterocycles. The van der Waals surface area contributed by atoms with Crippen molar-refractivity contribution in [3.63, 3.8) is 0 Å². The molecule has 320 valence electrons. The maximum atomic E-state index is 5.07. The van der Waals surface area contributed by atoms with E-state index in [1.54, 1.807) is 0 Å². The number of rotatable bonds is 4. The summed E-state index contributed by atoms with van der Waals surface area (Å²) in [6, 6.07) is 64.6. The van der Waals surface area contributed by atoms with Crippen molar-refractivity contribution in [2.75, 3.05) is 0 Å². The van der Waals surface area contributed by atoms with Crippen LogP contribution in [-0.2, 0) is 21.7 Å². The van der Waals surface area contributed by atoms with Crippen molar-refractivity contribution in [3.8, 4) is 44.8 Å². The van der Waals surface area contributed by atoms with Crippen molar-refractivity contribution in [1.29, 1.82) is 0 Å². The molecule has 0 spiro atoms. The van der Waals surface area contributed by atoms with Gasteiger partial charge in [0.2, 0.25) is 0 Å². The Balaban J connectivity index is 1.12. The molecule has 0 N–H and O–H groups in total. The molecule has 12 rings (SSSR count). The second kappa shape index (κ2) is 14.2. The molecule has 0 amide bonds. The Morgan fingerprint density at radius 2 is 0.864 bits per heavy atom. The topological polar surface area (TPSA) is 25.8 Å². The van der Waals surface area contributed by atoms with E-state index in [0.717, 1.165) is 27.9 Å². The fraction of sp³-hybridized carbons (Fsp3) is 0.188. The summed E-state index contributed by atoms with van der Waals surface area (Å²) in [7, 11) is 0. The van der Waals surface area contributed by atoms with Crippen LogP contribution in [0.15, 0.2) is 182 Å². The van der Waals surface area contributed by atoms with Crippen molar-refractivity contribution in [2.24, 2.45) is 0 Å². The first kappa shape index (κ1) is 40.4. The Bertz CT molecular complexity index is 3540. The van der Waals surface area contributed by atoms with E-state index in [1.165, 1.54) is 93.7 Å². The van der Waals surface area contributed by atoms with Gasteiger partial charge in [0.25, 0.3) is 0 Å². The third kappa shape index (κ3) is 5.86. The quantitative estimate of drug-likeness (QED) is 0.176. The van der Waals surface area contributed by atoms with Gasteiger partial charge in [-0.05, 0) is 136 Å². The lowest BCUT2D eigenvalue weighted by molar-refractivity contribution is 0.588. The molecule has 0 aliphatic heterocycles. The van der Waals surface area contributed by atoms with Crippen molar-refractivity contribution >= 4 is 32.3 Å². The highest BCUT2D eigenvalue weighted by Crippen LogP contribution is 2.61. The van der Waals surface area contributed by atoms with Gasteiger partial charge in [0.15, 0.2) is 0 Å². The van der Waals surface area contributed by atoms with Crippen LogP contribution in [0.1, 0.15) is 99.9 Å². The molecule has 2 aliphatic rings. The molecule has 0 atom stereocenters. The fourth-order valence-corrected chi connectivity index (χ4v) is 11.7. The molecule has 2 aliphatic carbocycles. The maximum Gasteiger partial charge on any atom is 0.0780 e. The van der Waals surface area contributed by atoms with E-state index in [0.29, 0.717) is 0 Å². The van der Waals surface area contributed by atoms with Crippen LogP contribution in [0, 0.1) is 0 Å². The molecular formula is C64H54N2. The first-order chi connectivity index (χ1) is 31.7. The van der Waals surface area contributed by atoms with Crippen LogP contribution in [0.3, 0.4) is 0 Å². The lowest BCUT2D eigenvalue weighted by atomic mass is 9.66. The normalized spacial score (nSPS) is 14.6. The number of pyridine rings is 2. The third-order valence-electron chi connectivity index (χ3n) is 15.1. The Labute approximate surface area is 389 Å². The third-order valence-corrected chi connectivity index (χ3v) is 15.1. The number of fused-ring (bicyclic) bond motifs is 10. The minimum atomic E-state index is -0.614. The molecule has 0 bridgehead atoms. The summed E-state index contributed by atoms with van der Waals surface area (Å²) in [5.41, 5.74) is 19.3. The second-order valence-corrected chi connectivity index (χ2v) is 21.4. The number of hydrogen-bond donors (Lipinski definition) is 0. The van der Waals surface area contributed by atoms with Crippen LogP contribution >= 0.6 is 0 Å². The van der Waals surface area contributed by atoms with Gasteiger partial charge in [-0.2, -0.15) is 0 Å². The predicted octanol–water partition coefficient (Wildman–Crippen LogP) is 16.5. The summed E-state index contributed by atoms with van der Waals surface area (Å²) in [4.78, 5) is 9.97. The van der Waals surface area contributed by atoms with E-state index in [2.05, 4.69) is 225 Å². The number of hydrogen-bond acceptors (Lipinski definition) is 2. The van der Waals surface area contributed by atoms with Gasteiger partial charge in [-0.1, -0.05) is 189 Å². The highest BCUT2D eigenvalue weighted by atomic mass is 14.7. The van der Waals surface area contributed by atoms with Gasteiger partial charge in [0.1, 0.15) is 0 Å². The molecule has 10 aromatic rings. The molecular weight excluding hydrogens is 797 g/mol. The van der Waals surface area contributed by atoms with Gasteiger partial charge in [-0.15, -0.1) is 0 Å². The number of aromatic nitrogens is 2. The van der Waals surface area contributed by atoms with E-state index < -0.39 is 5.41 Å². The molecule has 0 radical (unpaired) electrons. The first-order valence-corrected chi connectivity index (χ1v) is 23.5. The summed E-state index contributed by atoms with van der Waals surface area (Å²) < 4.78 is 0. The predicted molar refractivity (Wildman–Crippen MR) is 278 cm³/mol. The fourth-order valence-electron chi connectivity index (χ4n) is 11.7. The number of benzene rings is 8. The van der Waals surface area contributed by atoms with Gasteiger partial charge >= 0.3 is 0 Å². The highest BCUT2D eigenvalue weighted by molar-refractivity contribution is 6.03. The first-order valence-electron chi connectivity index (χ1n) is 23.5. The van der Waals surface area contributed by atoms with E-state index in [4.69, 9.17) is 9.97 Å². The lowest BCUT2D eigenvalue weighted by Crippen LogP contribution is -2.29. The Morgan fingerprint density at radius 1 is 0.379 bits per heavy atom. The smallest absolute Gasteiger partial charge is 0.0780 e. The summed E-state index contributed by atoms with van der Waals surface area (Å²) in [6.07, 6.45) is 3.89. The number of nitrogens with zero attached hydrogens (tertiary/aromatic N) is 2. The van der Waals surface area contributed by atoms with Gasteiger partial charge in [0.05, 0.1) is 16.8 Å². The summed E-state index contributed by atoms with van der Waals surface area (Å²) in [6.45, 7) is 18.7. The molecule has 66 heavy (non-hydrogen) atoms. The second-order valence-electron chi connectivity index (χ2n) is 21.4. The van der Waals surface area contributed by atoms with Crippen molar-refractivity contribution in [3.05, 3.63) is 227 Å². The van der Waals surface area contributed by atoms with Gasteiger partial charge in [-0.25, -0.2) is 0 Å². The molecule has 2 heterocycles. The zero-order chi connectivity index (χ0) is 45.3. The van der Waals surface area contributed by atoms with Gasteiger partial charge < -0.3 is 0 Å². The van der Waals surface area contributed by atoms with Crippen LogP contribution in [-0.4, -0.2) is 9.97 Å². The van der Waals surface area contributed by atoms with Crippen molar-refractivity contribution in [1.82, 2.24) is 9.97 Å². The summed E-state index contributed by atoms with van der Waals surface area (Å²) in [5, 5.41) is 7.27. The van der Waals surface area contributed by atoms with Crippen LogP contribution in [0.5, 0.6) is 0 Å². The Morgan fingerprint density at radius 3 is 1.44 bits per heavy atom. The van der Waals surface area contributed by atoms with Crippen LogP contribution in [0.4, 0.5) is 0 Å². The zero-order valence-corrected chi connectivity index (χ0v) is 39.2. The van der Waals surface area contributed by atoms with Crippen molar-refractivity contribution in [2.45, 2.75) is 77.0 Å². The van der Waals surface area contributed by atoms with E-state index in [9.17, 15) is 0 Å². The molecule has 0 fully saturated rings. The average Bonchev–Trinajstić information content (AvgIpc) is 3.74. The van der Waals surface area contributed by atoms with Gasteiger partial charge in [0, 0.05) is 39.7 Å². The molecule has 2 aromatic heterocycles. The van der Waals surface area contributed by atoms with E-state index in [-0.39, 0.29) is 16.2 Å². The van der Waals surface area contributed by atoms with Crippen LogP contribution in [0.2, 0.25) is 0 Å². The minimum Gasteiger partial charge on any atom is -0.256 e. The van der Waals surface area contributed by atoms with Crippen molar-refractivity contribution < 1.29 is 0 Å². The molecule has 0 saturated carbocycles. The Kier molecular flexibility index (Phi) is 8.66. The molecule has 2 heteroatoms.